The van der Waals surface area contributed by atoms with Crippen molar-refractivity contribution in [2.45, 2.75) is 57.7 Å². The van der Waals surface area contributed by atoms with Gasteiger partial charge in [-0.05, 0) is 175 Å². The Kier molecular flexibility index (Phi) is 18.3. The van der Waals surface area contributed by atoms with Crippen molar-refractivity contribution < 1.29 is 51.8 Å². The number of hydrogen-bond donors (Lipinski definition) is 8. The van der Waals surface area contributed by atoms with Crippen LogP contribution in [0.5, 0.6) is 5.75 Å². The molecule has 0 radical (unpaired) electrons. The number of nitrogens with two attached hydrogens (primary N) is 1. The third-order valence-electron chi connectivity index (χ3n) is 17.8. The van der Waals surface area contributed by atoms with Crippen molar-refractivity contribution in [3.8, 4) is 45.6 Å². The molecule has 6 heterocycles. The first-order chi connectivity index (χ1) is 48.3. The number of fused-ring (bicyclic) bond motifs is 6. The molecular formula is C76H66F3N13O8. The summed E-state index contributed by atoms with van der Waals surface area (Å²) in [6, 6.07) is 52.2. The molecule has 0 bridgehead atoms. The molecule has 9 N–H and O–H groups in total. The van der Waals surface area contributed by atoms with Crippen molar-refractivity contribution in [3.05, 3.63) is 232 Å². The predicted molar refractivity (Wildman–Crippen MR) is 376 cm³/mol. The van der Waals surface area contributed by atoms with Crippen molar-refractivity contribution in [3.63, 3.8) is 0 Å². The topological polar surface area (TPSA) is 284 Å². The zero-order valence-electron chi connectivity index (χ0n) is 54.6. The highest BCUT2D eigenvalue weighted by molar-refractivity contribution is 6.01. The number of imidazole rings is 3. The molecule has 100 heavy (non-hydrogen) atoms. The van der Waals surface area contributed by atoms with Crippen LogP contribution in [0.25, 0.3) is 72.9 Å². The van der Waals surface area contributed by atoms with Gasteiger partial charge in [-0.15, -0.1) is 0 Å². The number of nitrogens with zero attached hydrogens (tertiary/aromatic N) is 6. The second-order valence-corrected chi connectivity index (χ2v) is 24.0. The fourth-order valence-corrected chi connectivity index (χ4v) is 12.8. The normalized spacial score (nSPS) is 13.1. The molecule has 0 spiro atoms. The van der Waals surface area contributed by atoms with Crippen molar-refractivity contribution >= 4 is 91.3 Å². The number of methoxy groups -OCH3 is 1. The Labute approximate surface area is 570 Å². The van der Waals surface area contributed by atoms with Crippen LogP contribution in [0.1, 0.15) is 89.5 Å². The number of carbonyl (C=O) groups is 6. The minimum Gasteiger partial charge on any atom is -0.496 e. The number of alkyl halides is 3. The number of nitrogens with one attached hydrogen (secondary N) is 6. The van der Waals surface area contributed by atoms with E-state index in [1.54, 1.807) is 63.6 Å². The summed E-state index contributed by atoms with van der Waals surface area (Å²) in [7, 11) is 6.07. The van der Waals surface area contributed by atoms with E-state index in [9.17, 15) is 47.0 Å². The van der Waals surface area contributed by atoms with E-state index in [2.05, 4.69) is 44.0 Å². The van der Waals surface area contributed by atoms with Gasteiger partial charge in [-0.1, -0.05) is 42.5 Å². The lowest BCUT2D eigenvalue weighted by molar-refractivity contribution is -0.137. The number of benzene rings is 9. The number of aliphatic hydroxyl groups is 1. The molecule has 12 aromatic rings. The number of carbonyl (C=O) groups excluding carboxylic acids is 6. The standard InChI is InChI=1S/C27H23F3N4O3.C25H22N4O3.C24H21N5O2/c1-31-26(36)17-4-9-22-21(12-17)32-24(13-16-3-6-18(27(28,29)30)14-23(16)37-2)34(22)19-7-8-20-15(11-19)5-10-25(35)33-20;1-26-25(32)16-6-10-22-21(13-16)28-24(19-5-3-2-4-17(19)14-30)29(22)18-8-9-20-15(12-18)7-11-23(31)27-20;1-26-24(31)15-6-10-21-20(13-15)28-23(17-4-2-3-5-18(17)25)29(21)16-8-9-19-14(12-16)7-11-22(30)27-19/h3-4,6-9,11-12,14H,5,10,13H2,1-2H3,(H,31,36)(H,33,35);2-6,8-10,12-13,30H,7,11,14H2,1H3,(H,26,32)(H,27,31);2-6,8-10,12-13H,7,11,25H2,1H3,(H,26,31)(H,27,30). The first kappa shape index (κ1) is 66.2. The molecule has 0 saturated heterocycles. The van der Waals surface area contributed by atoms with Gasteiger partial charge in [0.05, 0.1) is 52.4 Å². The molecule has 3 aliphatic heterocycles. The van der Waals surface area contributed by atoms with Gasteiger partial charge in [0.15, 0.2) is 0 Å². The fraction of sp³-hybridized carbons (Fsp3) is 0.171. The van der Waals surface area contributed by atoms with Crippen LogP contribution in [0.2, 0.25) is 0 Å². The summed E-state index contributed by atoms with van der Waals surface area (Å²) in [5.41, 5.74) is 23.1. The zero-order chi connectivity index (χ0) is 70.1. The van der Waals surface area contributed by atoms with Gasteiger partial charge in [0.2, 0.25) is 17.7 Å². The van der Waals surface area contributed by atoms with Crippen LogP contribution in [0.4, 0.5) is 35.9 Å². The van der Waals surface area contributed by atoms with E-state index < -0.39 is 11.7 Å². The minimum atomic E-state index is -4.49. The van der Waals surface area contributed by atoms with Crippen LogP contribution < -0.4 is 42.4 Å². The van der Waals surface area contributed by atoms with Crippen LogP contribution >= 0.6 is 0 Å². The number of ether oxygens (including phenoxy) is 1. The average Bonchev–Trinajstić information content (AvgIpc) is 1.60. The Morgan fingerprint density at radius 2 is 0.920 bits per heavy atom. The van der Waals surface area contributed by atoms with E-state index in [1.807, 2.05) is 117 Å². The SMILES string of the molecule is CNC(=O)c1ccc2c(c1)nc(-c1ccccc1CO)n2-c1ccc2c(c1)CCC(=O)N2.CNC(=O)c1ccc2c(c1)nc(-c1ccccc1N)n2-c1ccc2c(c1)CCC(=O)N2.CNC(=O)c1ccc2c(c1)nc(Cc1ccc(C(F)(F)F)cc1OC)n2-c1ccc2c(c1)CCC(=O)N2. The molecule has 15 rings (SSSR count). The number of halogens is 3. The highest BCUT2D eigenvalue weighted by Crippen LogP contribution is 2.39. The van der Waals surface area contributed by atoms with Crippen LogP contribution in [-0.4, -0.2) is 97.5 Å². The number of para-hydroxylation sites is 1. The quantitative estimate of drug-likeness (QED) is 0.0530. The number of amides is 6. The molecule has 6 amide bonds. The van der Waals surface area contributed by atoms with Crippen molar-refractivity contribution in [1.29, 1.82) is 0 Å². The largest absolute Gasteiger partial charge is 0.496 e. The van der Waals surface area contributed by atoms with Gasteiger partial charge in [-0.2, -0.15) is 13.2 Å². The van der Waals surface area contributed by atoms with Crippen LogP contribution in [-0.2, 0) is 52.9 Å². The molecule has 24 heteroatoms. The predicted octanol–water partition coefficient (Wildman–Crippen LogP) is 11.8. The van der Waals surface area contributed by atoms with E-state index in [1.165, 1.54) is 13.2 Å². The molecule has 9 aromatic carbocycles. The van der Waals surface area contributed by atoms with Crippen LogP contribution in [0.3, 0.4) is 0 Å². The van der Waals surface area contributed by atoms with Crippen molar-refractivity contribution in [2.24, 2.45) is 0 Å². The summed E-state index contributed by atoms with van der Waals surface area (Å²) in [4.78, 5) is 86.3. The lowest BCUT2D eigenvalue weighted by atomic mass is 10.0. The van der Waals surface area contributed by atoms with E-state index in [4.69, 9.17) is 25.4 Å². The summed E-state index contributed by atoms with van der Waals surface area (Å²) in [6.45, 7) is -0.112. The van der Waals surface area contributed by atoms with Gasteiger partial charge >= 0.3 is 6.18 Å². The highest BCUT2D eigenvalue weighted by atomic mass is 19.4. The lowest BCUT2D eigenvalue weighted by Gasteiger charge is -2.19. The maximum Gasteiger partial charge on any atom is 0.416 e. The minimum absolute atomic E-state index is 0.0256. The molecule has 0 unspecified atom stereocenters. The molecule has 504 valence electrons. The first-order valence-corrected chi connectivity index (χ1v) is 32.1. The molecule has 21 nitrogen and oxygen atoms in total. The molecule has 3 aromatic heterocycles. The summed E-state index contributed by atoms with van der Waals surface area (Å²) in [5.74, 6) is 1.46. The van der Waals surface area contributed by atoms with Gasteiger partial charge in [0, 0.05) is 120 Å². The number of aliphatic hydroxyl groups excluding tert-OH is 1. The molecule has 0 saturated carbocycles. The van der Waals surface area contributed by atoms with Gasteiger partial charge in [-0.3, -0.25) is 42.5 Å². The van der Waals surface area contributed by atoms with Gasteiger partial charge < -0.3 is 47.5 Å². The maximum atomic E-state index is 13.3. The summed E-state index contributed by atoms with van der Waals surface area (Å²) in [6.07, 6.45) is -1.06. The van der Waals surface area contributed by atoms with Crippen molar-refractivity contribution in [1.82, 2.24) is 44.6 Å². The Morgan fingerprint density at radius 3 is 1.36 bits per heavy atom. The number of rotatable bonds is 12. The van der Waals surface area contributed by atoms with E-state index in [-0.39, 0.29) is 54.2 Å². The fourth-order valence-electron chi connectivity index (χ4n) is 12.8. The Bertz CT molecular complexity index is 5310. The third-order valence-corrected chi connectivity index (χ3v) is 17.8. The summed E-state index contributed by atoms with van der Waals surface area (Å²) < 4.78 is 51.0. The molecule has 0 fully saturated rings. The third kappa shape index (κ3) is 13.2. The number of anilines is 4. The van der Waals surface area contributed by atoms with Gasteiger partial charge in [0.1, 0.15) is 23.2 Å². The zero-order valence-corrected chi connectivity index (χ0v) is 54.6. The summed E-state index contributed by atoms with van der Waals surface area (Å²) >= 11 is 0. The van der Waals surface area contributed by atoms with Gasteiger partial charge in [0.25, 0.3) is 17.7 Å². The number of aromatic nitrogens is 6. The van der Waals surface area contributed by atoms with E-state index in [0.29, 0.717) is 100 Å². The van der Waals surface area contributed by atoms with Crippen LogP contribution in [0, 0.1) is 0 Å². The number of nitrogen functional groups attached to an aromatic ring is 1. The molecule has 3 aliphatic rings. The Morgan fingerprint density at radius 1 is 0.500 bits per heavy atom. The lowest BCUT2D eigenvalue weighted by Crippen LogP contribution is -2.19. The maximum absolute atomic E-state index is 13.3. The van der Waals surface area contributed by atoms with Crippen LogP contribution in [0.15, 0.2) is 176 Å². The van der Waals surface area contributed by atoms with Crippen molar-refractivity contribution in [2.75, 3.05) is 49.9 Å². The first-order valence-electron chi connectivity index (χ1n) is 32.1. The molecule has 0 aliphatic carbocycles. The second kappa shape index (κ2) is 27.6. The van der Waals surface area contributed by atoms with E-state index >= 15 is 0 Å². The molecule has 0 atom stereocenters. The number of aryl methyl sites for hydroxylation is 3. The monoisotopic (exact) mass is 1350 g/mol. The van der Waals surface area contributed by atoms with Gasteiger partial charge in [-0.25, -0.2) is 15.0 Å². The number of hydrogen-bond acceptors (Lipinski definition) is 12. The Hall–Kier alpha value is -12.4. The smallest absolute Gasteiger partial charge is 0.416 e. The highest BCUT2D eigenvalue weighted by Gasteiger charge is 2.32. The molecular weight excluding hydrogens is 1280 g/mol. The average molecular weight is 1350 g/mol. The summed E-state index contributed by atoms with van der Waals surface area (Å²) in [5, 5.41) is 26.5. The van der Waals surface area contributed by atoms with E-state index in [0.717, 1.165) is 96.2 Å². The second-order valence-electron chi connectivity index (χ2n) is 24.0. The Balaban J connectivity index is 0.000000135.